The van der Waals surface area contributed by atoms with Gasteiger partial charge in [0.2, 0.25) is 5.91 Å². The van der Waals surface area contributed by atoms with Crippen LogP contribution in [0.15, 0.2) is 44.8 Å². The van der Waals surface area contributed by atoms with E-state index in [1.54, 1.807) is 19.1 Å². The summed E-state index contributed by atoms with van der Waals surface area (Å²) in [6.07, 6.45) is 1.82. The summed E-state index contributed by atoms with van der Waals surface area (Å²) in [6, 6.07) is 8.67. The second-order valence-corrected chi connectivity index (χ2v) is 6.05. The van der Waals surface area contributed by atoms with Crippen molar-refractivity contribution in [2.75, 3.05) is 11.6 Å². The molecule has 0 spiro atoms. The zero-order valence-electron chi connectivity index (χ0n) is 11.6. The molecule has 2 aromatic rings. The Bertz CT molecular complexity index is 713. The lowest BCUT2D eigenvalue weighted by atomic mass is 10.3. The number of thioether (sulfide) groups is 1. The SMILES string of the molecule is CSc1nc(C)cc(=O)n1CC(=O)Nc1ccc(Br)cc1. The maximum atomic E-state index is 12.1. The van der Waals surface area contributed by atoms with Crippen LogP contribution in [0, 0.1) is 6.92 Å². The number of carbonyl (C=O) groups excluding carboxylic acids is 1. The zero-order valence-corrected chi connectivity index (χ0v) is 14.0. The number of anilines is 1. The number of amides is 1. The first-order valence-corrected chi connectivity index (χ1v) is 8.19. The van der Waals surface area contributed by atoms with Crippen LogP contribution in [0.25, 0.3) is 0 Å². The highest BCUT2D eigenvalue weighted by Gasteiger charge is 2.10. The van der Waals surface area contributed by atoms with Gasteiger partial charge in [-0.15, -0.1) is 0 Å². The quantitative estimate of drug-likeness (QED) is 0.666. The van der Waals surface area contributed by atoms with Gasteiger partial charge < -0.3 is 5.32 Å². The molecule has 1 aromatic carbocycles. The normalized spacial score (nSPS) is 10.4. The van der Waals surface area contributed by atoms with E-state index < -0.39 is 0 Å². The molecule has 0 unspecified atom stereocenters. The number of rotatable bonds is 4. The summed E-state index contributed by atoms with van der Waals surface area (Å²) in [7, 11) is 0. The molecule has 0 atom stereocenters. The summed E-state index contributed by atoms with van der Waals surface area (Å²) >= 11 is 4.67. The molecule has 1 amide bonds. The van der Waals surface area contributed by atoms with Gasteiger partial charge in [0, 0.05) is 21.9 Å². The molecular formula is C14H14BrN3O2S. The first-order chi connectivity index (χ1) is 9.99. The number of carbonyl (C=O) groups is 1. The van der Waals surface area contributed by atoms with E-state index in [0.717, 1.165) is 4.47 Å². The minimum absolute atomic E-state index is 0.0572. The Morgan fingerprint density at radius 3 is 2.67 bits per heavy atom. The Balaban J connectivity index is 2.16. The number of nitrogens with one attached hydrogen (secondary N) is 1. The molecule has 1 N–H and O–H groups in total. The highest BCUT2D eigenvalue weighted by atomic mass is 79.9. The fourth-order valence-corrected chi connectivity index (χ4v) is 2.65. The fraction of sp³-hybridized carbons (Fsp3) is 0.214. The van der Waals surface area contributed by atoms with Crippen LogP contribution in [-0.4, -0.2) is 21.7 Å². The van der Waals surface area contributed by atoms with E-state index >= 15 is 0 Å². The van der Waals surface area contributed by atoms with Crippen LogP contribution in [-0.2, 0) is 11.3 Å². The van der Waals surface area contributed by atoms with Gasteiger partial charge in [0.25, 0.3) is 5.56 Å². The molecule has 1 aromatic heterocycles. The number of hydrogen-bond acceptors (Lipinski definition) is 4. The number of hydrogen-bond donors (Lipinski definition) is 1. The molecule has 0 saturated heterocycles. The monoisotopic (exact) mass is 367 g/mol. The molecule has 1 heterocycles. The second kappa shape index (κ2) is 6.91. The first kappa shape index (κ1) is 15.8. The Morgan fingerprint density at radius 1 is 1.38 bits per heavy atom. The van der Waals surface area contributed by atoms with Crippen LogP contribution in [0.2, 0.25) is 0 Å². The van der Waals surface area contributed by atoms with Crippen molar-refractivity contribution in [3.05, 3.63) is 50.9 Å². The molecule has 7 heteroatoms. The third kappa shape index (κ3) is 4.18. The van der Waals surface area contributed by atoms with E-state index in [-0.39, 0.29) is 18.0 Å². The highest BCUT2D eigenvalue weighted by Crippen LogP contribution is 2.14. The number of nitrogens with zero attached hydrogens (tertiary/aromatic N) is 2. The maximum Gasteiger partial charge on any atom is 0.254 e. The Kier molecular flexibility index (Phi) is 5.19. The van der Waals surface area contributed by atoms with E-state index in [4.69, 9.17) is 0 Å². The summed E-state index contributed by atoms with van der Waals surface area (Å²) in [5.41, 5.74) is 1.11. The van der Waals surface area contributed by atoms with Crippen molar-refractivity contribution < 1.29 is 4.79 Å². The Morgan fingerprint density at radius 2 is 2.05 bits per heavy atom. The topological polar surface area (TPSA) is 64.0 Å². The molecule has 21 heavy (non-hydrogen) atoms. The zero-order chi connectivity index (χ0) is 15.4. The summed E-state index contributed by atoms with van der Waals surface area (Å²) in [5.74, 6) is -0.264. The molecule has 0 fully saturated rings. The van der Waals surface area contributed by atoms with Crippen molar-refractivity contribution in [2.24, 2.45) is 0 Å². The van der Waals surface area contributed by atoms with Gasteiger partial charge in [-0.25, -0.2) is 4.98 Å². The van der Waals surface area contributed by atoms with Crippen LogP contribution >= 0.6 is 27.7 Å². The Hall–Kier alpha value is -1.60. The van der Waals surface area contributed by atoms with Crippen LogP contribution < -0.4 is 10.9 Å². The van der Waals surface area contributed by atoms with E-state index in [1.165, 1.54) is 22.4 Å². The minimum atomic E-state index is -0.264. The van der Waals surface area contributed by atoms with Crippen LogP contribution in [0.4, 0.5) is 5.69 Å². The van der Waals surface area contributed by atoms with Crippen molar-refractivity contribution in [3.8, 4) is 0 Å². The van der Waals surface area contributed by atoms with Crippen molar-refractivity contribution >= 4 is 39.3 Å². The fourth-order valence-electron chi connectivity index (χ4n) is 1.77. The van der Waals surface area contributed by atoms with Gasteiger partial charge >= 0.3 is 0 Å². The summed E-state index contributed by atoms with van der Waals surface area (Å²) in [4.78, 5) is 28.3. The molecular weight excluding hydrogens is 354 g/mol. The van der Waals surface area contributed by atoms with E-state index in [0.29, 0.717) is 16.5 Å². The predicted octanol–water partition coefficient (Wildman–Crippen LogP) is 2.67. The molecule has 0 saturated carbocycles. The molecule has 0 aliphatic carbocycles. The third-order valence-corrected chi connectivity index (χ3v) is 3.92. The lowest BCUT2D eigenvalue weighted by Gasteiger charge is -2.11. The van der Waals surface area contributed by atoms with Gasteiger partial charge in [0.1, 0.15) is 6.54 Å². The van der Waals surface area contributed by atoms with Crippen molar-refractivity contribution in [1.82, 2.24) is 9.55 Å². The largest absolute Gasteiger partial charge is 0.325 e. The standard InChI is InChI=1S/C14H14BrN3O2S/c1-9-7-13(20)18(14(16-9)21-2)8-12(19)17-11-5-3-10(15)4-6-11/h3-7H,8H2,1-2H3,(H,17,19). The predicted molar refractivity (Wildman–Crippen MR) is 87.8 cm³/mol. The number of halogens is 1. The molecule has 0 radical (unpaired) electrons. The first-order valence-electron chi connectivity index (χ1n) is 6.17. The number of aryl methyl sites for hydroxylation is 1. The van der Waals surface area contributed by atoms with Gasteiger partial charge in [-0.3, -0.25) is 14.2 Å². The van der Waals surface area contributed by atoms with Gasteiger partial charge in [0.15, 0.2) is 5.16 Å². The van der Waals surface area contributed by atoms with E-state index in [9.17, 15) is 9.59 Å². The number of aromatic nitrogens is 2. The smallest absolute Gasteiger partial charge is 0.254 e. The highest BCUT2D eigenvalue weighted by molar-refractivity contribution is 9.10. The average molecular weight is 368 g/mol. The molecule has 2 rings (SSSR count). The Labute approximate surface area is 134 Å². The molecule has 0 bridgehead atoms. The van der Waals surface area contributed by atoms with Crippen molar-refractivity contribution in [1.29, 1.82) is 0 Å². The van der Waals surface area contributed by atoms with E-state index in [2.05, 4.69) is 26.2 Å². The van der Waals surface area contributed by atoms with E-state index in [1.807, 2.05) is 18.4 Å². The second-order valence-electron chi connectivity index (χ2n) is 4.36. The number of benzene rings is 1. The van der Waals surface area contributed by atoms with Gasteiger partial charge in [-0.05, 0) is 37.4 Å². The van der Waals surface area contributed by atoms with Gasteiger partial charge in [0.05, 0.1) is 0 Å². The third-order valence-electron chi connectivity index (χ3n) is 2.71. The summed E-state index contributed by atoms with van der Waals surface area (Å²) in [5, 5.41) is 3.29. The molecule has 5 nitrogen and oxygen atoms in total. The maximum absolute atomic E-state index is 12.1. The molecule has 0 aliphatic rings. The summed E-state index contributed by atoms with van der Waals surface area (Å²) < 4.78 is 2.30. The average Bonchev–Trinajstić information content (AvgIpc) is 2.44. The van der Waals surface area contributed by atoms with Crippen LogP contribution in [0.1, 0.15) is 5.69 Å². The van der Waals surface area contributed by atoms with Gasteiger partial charge in [-0.2, -0.15) is 0 Å². The molecule has 0 aliphatic heterocycles. The summed E-state index contributed by atoms with van der Waals surface area (Å²) in [6.45, 7) is 1.70. The van der Waals surface area contributed by atoms with Gasteiger partial charge in [-0.1, -0.05) is 27.7 Å². The van der Waals surface area contributed by atoms with Crippen molar-refractivity contribution in [2.45, 2.75) is 18.6 Å². The van der Waals surface area contributed by atoms with Crippen molar-refractivity contribution in [3.63, 3.8) is 0 Å². The van der Waals surface area contributed by atoms with Crippen LogP contribution in [0.3, 0.4) is 0 Å². The minimum Gasteiger partial charge on any atom is -0.325 e. The lowest BCUT2D eigenvalue weighted by molar-refractivity contribution is -0.116. The van der Waals surface area contributed by atoms with Crippen LogP contribution in [0.5, 0.6) is 0 Å². The molecule has 110 valence electrons. The lowest BCUT2D eigenvalue weighted by Crippen LogP contribution is -2.29.